The van der Waals surface area contributed by atoms with E-state index in [2.05, 4.69) is 12.2 Å². The minimum absolute atomic E-state index is 0.0992. The van der Waals surface area contributed by atoms with Crippen molar-refractivity contribution >= 4 is 17.3 Å². The van der Waals surface area contributed by atoms with Gasteiger partial charge in [-0.15, -0.1) is 0 Å². The molecule has 1 aromatic carbocycles. The number of carbonyl (C=O) groups excluding carboxylic acids is 1. The third-order valence-corrected chi connectivity index (χ3v) is 3.16. The van der Waals surface area contributed by atoms with Crippen LogP contribution < -0.4 is 11.1 Å². The topological polar surface area (TPSA) is 64.3 Å². The molecule has 112 valence electrons. The van der Waals surface area contributed by atoms with Gasteiger partial charge in [0.15, 0.2) is 0 Å². The fourth-order valence-electron chi connectivity index (χ4n) is 1.93. The van der Waals surface area contributed by atoms with Crippen molar-refractivity contribution in [3.05, 3.63) is 23.8 Å². The molecule has 0 aliphatic carbocycles. The lowest BCUT2D eigenvalue weighted by Gasteiger charge is -2.09. The number of nitrogen functional groups attached to an aromatic ring is 1. The van der Waals surface area contributed by atoms with E-state index in [-0.39, 0.29) is 12.5 Å². The van der Waals surface area contributed by atoms with Crippen molar-refractivity contribution in [3.63, 3.8) is 0 Å². The van der Waals surface area contributed by atoms with Crippen molar-refractivity contribution in [2.24, 2.45) is 0 Å². The first-order chi connectivity index (χ1) is 9.63. The molecule has 0 aromatic heterocycles. The smallest absolute Gasteiger partial charge is 0.250 e. The van der Waals surface area contributed by atoms with E-state index in [1.807, 2.05) is 19.1 Å². The first-order valence-corrected chi connectivity index (χ1v) is 7.37. The second kappa shape index (κ2) is 9.37. The van der Waals surface area contributed by atoms with Crippen LogP contribution in [0.2, 0.25) is 0 Å². The van der Waals surface area contributed by atoms with Crippen molar-refractivity contribution in [1.29, 1.82) is 0 Å². The average Bonchev–Trinajstić information content (AvgIpc) is 2.42. The number of aryl methyl sites for hydroxylation is 1. The molecule has 0 unspecified atom stereocenters. The molecule has 20 heavy (non-hydrogen) atoms. The van der Waals surface area contributed by atoms with Gasteiger partial charge in [0.2, 0.25) is 5.91 Å². The van der Waals surface area contributed by atoms with Crippen molar-refractivity contribution in [2.45, 2.75) is 46.0 Å². The Morgan fingerprint density at radius 1 is 1.25 bits per heavy atom. The van der Waals surface area contributed by atoms with Crippen LogP contribution in [0.15, 0.2) is 18.2 Å². The number of nitrogens with one attached hydrogen (secondary N) is 1. The van der Waals surface area contributed by atoms with Gasteiger partial charge < -0.3 is 15.8 Å². The molecule has 1 aromatic rings. The molecule has 4 heteroatoms. The zero-order valence-corrected chi connectivity index (χ0v) is 12.6. The van der Waals surface area contributed by atoms with Crippen LogP contribution in [0.3, 0.4) is 0 Å². The number of carbonyl (C=O) groups is 1. The summed E-state index contributed by atoms with van der Waals surface area (Å²) in [7, 11) is 0. The third-order valence-electron chi connectivity index (χ3n) is 3.16. The Hall–Kier alpha value is -1.55. The number of hydrogen-bond acceptors (Lipinski definition) is 3. The molecule has 0 aliphatic heterocycles. The van der Waals surface area contributed by atoms with Crippen LogP contribution in [0, 0.1) is 6.92 Å². The number of nitrogens with two attached hydrogens (primary N) is 1. The Morgan fingerprint density at radius 3 is 2.75 bits per heavy atom. The van der Waals surface area contributed by atoms with Gasteiger partial charge >= 0.3 is 0 Å². The van der Waals surface area contributed by atoms with E-state index in [1.54, 1.807) is 6.07 Å². The van der Waals surface area contributed by atoms with E-state index in [1.165, 1.54) is 25.7 Å². The quantitative estimate of drug-likeness (QED) is 0.536. The summed E-state index contributed by atoms with van der Waals surface area (Å²) in [6.45, 7) is 4.87. The summed E-state index contributed by atoms with van der Waals surface area (Å²) in [5.74, 6) is -0.132. The van der Waals surface area contributed by atoms with Crippen LogP contribution in [0.25, 0.3) is 0 Å². The van der Waals surface area contributed by atoms with Gasteiger partial charge in [0.25, 0.3) is 0 Å². The maximum Gasteiger partial charge on any atom is 0.250 e. The molecule has 0 saturated heterocycles. The molecule has 0 bridgehead atoms. The van der Waals surface area contributed by atoms with Crippen LogP contribution in [0.5, 0.6) is 0 Å². The molecular weight excluding hydrogens is 252 g/mol. The zero-order chi connectivity index (χ0) is 14.8. The Labute approximate surface area is 121 Å². The molecule has 0 atom stereocenters. The average molecular weight is 278 g/mol. The molecule has 0 aliphatic rings. The number of anilines is 2. The number of unbranched alkanes of at least 4 members (excludes halogenated alkanes) is 4. The highest BCUT2D eigenvalue weighted by Crippen LogP contribution is 2.17. The fraction of sp³-hybridized carbons (Fsp3) is 0.562. The Kier molecular flexibility index (Phi) is 7.73. The van der Waals surface area contributed by atoms with E-state index in [4.69, 9.17) is 10.5 Å². The van der Waals surface area contributed by atoms with Gasteiger partial charge in [0, 0.05) is 18.0 Å². The van der Waals surface area contributed by atoms with Crippen LogP contribution in [0.1, 0.15) is 44.6 Å². The van der Waals surface area contributed by atoms with Crippen LogP contribution >= 0.6 is 0 Å². The summed E-state index contributed by atoms with van der Waals surface area (Å²) in [4.78, 5) is 11.7. The molecule has 4 nitrogen and oxygen atoms in total. The summed E-state index contributed by atoms with van der Waals surface area (Å²) in [5.41, 5.74) is 8.09. The van der Waals surface area contributed by atoms with Gasteiger partial charge in [-0.2, -0.15) is 0 Å². The minimum Gasteiger partial charge on any atom is -0.399 e. The number of ether oxygens (including phenoxy) is 1. The van der Waals surface area contributed by atoms with Gasteiger partial charge in [-0.05, 0) is 31.0 Å². The Morgan fingerprint density at radius 2 is 2.00 bits per heavy atom. The predicted molar refractivity (Wildman–Crippen MR) is 83.8 cm³/mol. The van der Waals surface area contributed by atoms with E-state index < -0.39 is 0 Å². The van der Waals surface area contributed by atoms with E-state index >= 15 is 0 Å². The largest absolute Gasteiger partial charge is 0.399 e. The predicted octanol–water partition coefficient (Wildman–Crippen LogP) is 3.50. The van der Waals surface area contributed by atoms with Crippen molar-refractivity contribution in [2.75, 3.05) is 24.3 Å². The van der Waals surface area contributed by atoms with Gasteiger partial charge in [-0.3, -0.25) is 4.79 Å². The fourth-order valence-corrected chi connectivity index (χ4v) is 1.93. The van der Waals surface area contributed by atoms with Gasteiger partial charge in [0.1, 0.15) is 6.61 Å². The second-order valence-corrected chi connectivity index (χ2v) is 5.09. The molecule has 1 rings (SSSR count). The van der Waals surface area contributed by atoms with E-state index in [0.717, 1.165) is 17.7 Å². The third kappa shape index (κ3) is 6.57. The SMILES string of the molecule is CCCCCCCOCC(=O)Nc1cc(N)ccc1C. The molecule has 3 N–H and O–H groups in total. The molecule has 0 radical (unpaired) electrons. The number of amides is 1. The van der Waals surface area contributed by atoms with Crippen LogP contribution in [0.4, 0.5) is 11.4 Å². The highest BCUT2D eigenvalue weighted by molar-refractivity contribution is 5.92. The van der Waals surface area contributed by atoms with Crippen LogP contribution in [-0.4, -0.2) is 19.1 Å². The lowest BCUT2D eigenvalue weighted by Crippen LogP contribution is -2.19. The first kappa shape index (κ1) is 16.5. The van der Waals surface area contributed by atoms with E-state index in [0.29, 0.717) is 12.3 Å². The molecule has 0 spiro atoms. The minimum atomic E-state index is -0.132. The van der Waals surface area contributed by atoms with Gasteiger partial charge in [-0.1, -0.05) is 38.7 Å². The maximum absolute atomic E-state index is 11.7. The van der Waals surface area contributed by atoms with Crippen molar-refractivity contribution in [1.82, 2.24) is 0 Å². The van der Waals surface area contributed by atoms with Crippen molar-refractivity contribution in [3.8, 4) is 0 Å². The van der Waals surface area contributed by atoms with Crippen molar-refractivity contribution < 1.29 is 9.53 Å². The molecule has 0 heterocycles. The molecular formula is C16H26N2O2. The number of rotatable bonds is 9. The monoisotopic (exact) mass is 278 g/mol. The number of benzene rings is 1. The summed E-state index contributed by atoms with van der Waals surface area (Å²) in [5, 5.41) is 2.82. The molecule has 1 amide bonds. The summed E-state index contributed by atoms with van der Waals surface area (Å²) in [6.07, 6.45) is 5.95. The highest BCUT2D eigenvalue weighted by atomic mass is 16.5. The van der Waals surface area contributed by atoms with Gasteiger partial charge in [-0.25, -0.2) is 0 Å². The summed E-state index contributed by atoms with van der Waals surface area (Å²) < 4.78 is 5.37. The summed E-state index contributed by atoms with van der Waals surface area (Å²) >= 11 is 0. The zero-order valence-electron chi connectivity index (χ0n) is 12.6. The maximum atomic E-state index is 11.7. The highest BCUT2D eigenvalue weighted by Gasteiger charge is 2.05. The Balaban J connectivity index is 2.19. The lowest BCUT2D eigenvalue weighted by atomic mass is 10.2. The van der Waals surface area contributed by atoms with E-state index in [9.17, 15) is 4.79 Å². The second-order valence-electron chi connectivity index (χ2n) is 5.09. The number of hydrogen-bond donors (Lipinski definition) is 2. The molecule has 0 fully saturated rings. The Bertz CT molecular complexity index is 419. The normalized spacial score (nSPS) is 10.5. The summed E-state index contributed by atoms with van der Waals surface area (Å²) in [6, 6.07) is 5.47. The lowest BCUT2D eigenvalue weighted by molar-refractivity contribution is -0.120. The first-order valence-electron chi connectivity index (χ1n) is 7.37. The molecule has 0 saturated carbocycles. The van der Waals surface area contributed by atoms with Gasteiger partial charge in [0.05, 0.1) is 0 Å². The van der Waals surface area contributed by atoms with Crippen LogP contribution in [-0.2, 0) is 9.53 Å². The standard InChI is InChI=1S/C16H26N2O2/c1-3-4-5-6-7-10-20-12-16(19)18-15-11-14(17)9-8-13(15)2/h8-9,11H,3-7,10,12,17H2,1-2H3,(H,18,19).